The molecule has 1 heteroatoms. The first-order valence-electron chi connectivity index (χ1n) is 7.37. The number of anilines is 2. The SMILES string of the molecule is CC.Cc1ccc(N(C)c2ccc(C)cc2C)c(C)c1. The lowest BCUT2D eigenvalue weighted by Crippen LogP contribution is -2.12. The molecule has 0 unspecified atom stereocenters. The Morgan fingerprint density at radius 2 is 1.00 bits per heavy atom. The van der Waals surface area contributed by atoms with Gasteiger partial charge < -0.3 is 4.90 Å². The quantitative estimate of drug-likeness (QED) is 0.674. The highest BCUT2D eigenvalue weighted by molar-refractivity contribution is 5.68. The van der Waals surface area contributed by atoms with E-state index in [1.807, 2.05) is 13.8 Å². The van der Waals surface area contributed by atoms with Gasteiger partial charge in [-0.1, -0.05) is 49.2 Å². The van der Waals surface area contributed by atoms with Crippen molar-refractivity contribution in [1.29, 1.82) is 0 Å². The third-order valence-corrected chi connectivity index (χ3v) is 3.43. The summed E-state index contributed by atoms with van der Waals surface area (Å²) in [6.07, 6.45) is 0. The zero-order valence-electron chi connectivity index (χ0n) is 13.9. The van der Waals surface area contributed by atoms with Gasteiger partial charge in [0, 0.05) is 18.4 Å². The zero-order valence-corrected chi connectivity index (χ0v) is 13.9. The molecule has 0 radical (unpaired) electrons. The molecule has 0 aliphatic heterocycles. The van der Waals surface area contributed by atoms with Gasteiger partial charge >= 0.3 is 0 Å². The molecule has 0 fully saturated rings. The van der Waals surface area contributed by atoms with E-state index in [4.69, 9.17) is 0 Å². The Kier molecular flexibility index (Phi) is 5.82. The van der Waals surface area contributed by atoms with E-state index in [1.165, 1.54) is 33.6 Å². The van der Waals surface area contributed by atoms with Crippen molar-refractivity contribution in [2.75, 3.05) is 11.9 Å². The monoisotopic (exact) mass is 269 g/mol. The van der Waals surface area contributed by atoms with Gasteiger partial charge in [-0.25, -0.2) is 0 Å². The van der Waals surface area contributed by atoms with Gasteiger partial charge in [-0.2, -0.15) is 0 Å². The normalized spacial score (nSPS) is 9.75. The molecule has 0 aliphatic carbocycles. The molecule has 0 saturated heterocycles. The molecule has 0 atom stereocenters. The van der Waals surface area contributed by atoms with Crippen molar-refractivity contribution in [2.45, 2.75) is 41.5 Å². The number of rotatable bonds is 2. The third-order valence-electron chi connectivity index (χ3n) is 3.43. The minimum Gasteiger partial charge on any atom is -0.344 e. The second-order valence-corrected chi connectivity index (χ2v) is 5.14. The molecule has 0 N–H and O–H groups in total. The first kappa shape index (κ1) is 16.3. The standard InChI is InChI=1S/C17H21N.C2H6/c1-12-6-8-16(14(3)10-12)18(5)17-9-7-13(2)11-15(17)4;1-2/h6-11H,1-5H3;1-2H3. The van der Waals surface area contributed by atoms with Gasteiger partial charge in [0.15, 0.2) is 0 Å². The third kappa shape index (κ3) is 3.63. The van der Waals surface area contributed by atoms with Gasteiger partial charge in [0.25, 0.3) is 0 Å². The summed E-state index contributed by atoms with van der Waals surface area (Å²) >= 11 is 0. The van der Waals surface area contributed by atoms with Crippen LogP contribution in [0.3, 0.4) is 0 Å². The number of hydrogen-bond acceptors (Lipinski definition) is 1. The van der Waals surface area contributed by atoms with Crippen molar-refractivity contribution in [1.82, 2.24) is 0 Å². The maximum Gasteiger partial charge on any atom is 0.0438 e. The molecule has 0 saturated carbocycles. The molecule has 0 bridgehead atoms. The Morgan fingerprint density at radius 1 is 0.650 bits per heavy atom. The van der Waals surface area contributed by atoms with Crippen LogP contribution in [-0.4, -0.2) is 7.05 Å². The van der Waals surface area contributed by atoms with Crippen LogP contribution in [0.4, 0.5) is 11.4 Å². The lowest BCUT2D eigenvalue weighted by atomic mass is 10.1. The van der Waals surface area contributed by atoms with Gasteiger partial charge in [0.05, 0.1) is 0 Å². The van der Waals surface area contributed by atoms with Gasteiger partial charge in [0.1, 0.15) is 0 Å². The predicted octanol–water partition coefficient (Wildman–Crippen LogP) is 5.71. The fourth-order valence-electron chi connectivity index (χ4n) is 2.49. The van der Waals surface area contributed by atoms with Crippen LogP contribution in [0.5, 0.6) is 0 Å². The van der Waals surface area contributed by atoms with Crippen LogP contribution in [0.1, 0.15) is 36.1 Å². The van der Waals surface area contributed by atoms with E-state index in [2.05, 4.69) is 76.0 Å². The molecule has 20 heavy (non-hydrogen) atoms. The van der Waals surface area contributed by atoms with Crippen molar-refractivity contribution in [2.24, 2.45) is 0 Å². The van der Waals surface area contributed by atoms with Crippen molar-refractivity contribution < 1.29 is 0 Å². The summed E-state index contributed by atoms with van der Waals surface area (Å²) in [7, 11) is 2.13. The highest BCUT2D eigenvalue weighted by atomic mass is 15.1. The highest BCUT2D eigenvalue weighted by Gasteiger charge is 2.09. The van der Waals surface area contributed by atoms with E-state index in [1.54, 1.807) is 0 Å². The van der Waals surface area contributed by atoms with Gasteiger partial charge in [-0.15, -0.1) is 0 Å². The van der Waals surface area contributed by atoms with Gasteiger partial charge in [-0.3, -0.25) is 0 Å². The molecular weight excluding hydrogens is 242 g/mol. The lowest BCUT2D eigenvalue weighted by molar-refractivity contribution is 1.15. The zero-order chi connectivity index (χ0) is 15.3. The average molecular weight is 269 g/mol. The Hall–Kier alpha value is -1.76. The summed E-state index contributed by atoms with van der Waals surface area (Å²) in [6.45, 7) is 12.6. The summed E-state index contributed by atoms with van der Waals surface area (Å²) in [5.74, 6) is 0. The van der Waals surface area contributed by atoms with Crippen molar-refractivity contribution in [3.63, 3.8) is 0 Å². The van der Waals surface area contributed by atoms with Crippen molar-refractivity contribution in [3.05, 3.63) is 58.7 Å². The summed E-state index contributed by atoms with van der Waals surface area (Å²) in [5.41, 5.74) is 7.80. The Morgan fingerprint density at radius 3 is 1.30 bits per heavy atom. The van der Waals surface area contributed by atoms with Crippen molar-refractivity contribution >= 4 is 11.4 Å². The van der Waals surface area contributed by atoms with E-state index in [0.717, 1.165) is 0 Å². The predicted molar refractivity (Wildman–Crippen MR) is 91.2 cm³/mol. The first-order chi connectivity index (χ1) is 9.49. The molecule has 108 valence electrons. The lowest BCUT2D eigenvalue weighted by Gasteiger charge is -2.24. The van der Waals surface area contributed by atoms with Crippen LogP contribution in [0, 0.1) is 27.7 Å². The second-order valence-electron chi connectivity index (χ2n) is 5.14. The van der Waals surface area contributed by atoms with Gasteiger partial charge in [0.2, 0.25) is 0 Å². The van der Waals surface area contributed by atoms with E-state index in [-0.39, 0.29) is 0 Å². The summed E-state index contributed by atoms with van der Waals surface area (Å²) in [5, 5.41) is 0. The molecule has 2 aromatic rings. The summed E-state index contributed by atoms with van der Waals surface area (Å²) in [6, 6.07) is 13.2. The Bertz CT molecular complexity index is 518. The minimum absolute atomic E-state index is 1.27. The van der Waals surface area contributed by atoms with Gasteiger partial charge in [-0.05, 0) is 51.0 Å². The molecule has 0 aliphatic rings. The smallest absolute Gasteiger partial charge is 0.0438 e. The van der Waals surface area contributed by atoms with E-state index in [0.29, 0.717) is 0 Å². The van der Waals surface area contributed by atoms with E-state index in [9.17, 15) is 0 Å². The van der Waals surface area contributed by atoms with Crippen LogP contribution in [-0.2, 0) is 0 Å². The molecule has 0 amide bonds. The minimum atomic E-state index is 1.27. The maximum atomic E-state index is 2.27. The van der Waals surface area contributed by atoms with E-state index < -0.39 is 0 Å². The fraction of sp³-hybridized carbons (Fsp3) is 0.368. The summed E-state index contributed by atoms with van der Waals surface area (Å²) < 4.78 is 0. The van der Waals surface area contributed by atoms with E-state index >= 15 is 0 Å². The van der Waals surface area contributed by atoms with Crippen LogP contribution < -0.4 is 4.90 Å². The number of hydrogen-bond donors (Lipinski definition) is 0. The molecule has 2 aromatic carbocycles. The molecule has 2 rings (SSSR count). The van der Waals surface area contributed by atoms with Crippen LogP contribution in [0.25, 0.3) is 0 Å². The molecule has 0 spiro atoms. The van der Waals surface area contributed by atoms with Crippen molar-refractivity contribution in [3.8, 4) is 0 Å². The first-order valence-corrected chi connectivity index (χ1v) is 7.37. The molecular formula is C19H27N. The number of nitrogens with zero attached hydrogens (tertiary/aromatic N) is 1. The molecule has 0 heterocycles. The van der Waals surface area contributed by atoms with Crippen LogP contribution in [0.15, 0.2) is 36.4 Å². The highest BCUT2D eigenvalue weighted by Crippen LogP contribution is 2.30. The van der Waals surface area contributed by atoms with Crippen LogP contribution in [0.2, 0.25) is 0 Å². The summed E-state index contributed by atoms with van der Waals surface area (Å²) in [4.78, 5) is 2.27. The largest absolute Gasteiger partial charge is 0.344 e. The Balaban J connectivity index is 0.000000956. The average Bonchev–Trinajstić information content (AvgIpc) is 2.40. The van der Waals surface area contributed by atoms with Crippen LogP contribution >= 0.6 is 0 Å². The topological polar surface area (TPSA) is 3.24 Å². The second kappa shape index (κ2) is 7.14. The molecule has 1 nitrogen and oxygen atoms in total. The number of aryl methyl sites for hydroxylation is 4. The fourth-order valence-corrected chi connectivity index (χ4v) is 2.49. The Labute approximate surface area is 124 Å². The number of benzene rings is 2. The molecule has 0 aromatic heterocycles. The maximum absolute atomic E-state index is 2.27.